The van der Waals surface area contributed by atoms with E-state index in [-0.39, 0.29) is 34.3 Å². The van der Waals surface area contributed by atoms with E-state index in [1.165, 1.54) is 41.5 Å². The highest BCUT2D eigenvalue weighted by molar-refractivity contribution is 6.32. The quantitative estimate of drug-likeness (QED) is 0.663. The summed E-state index contributed by atoms with van der Waals surface area (Å²) in [6, 6.07) is 10.8. The van der Waals surface area contributed by atoms with Gasteiger partial charge in [-0.3, -0.25) is 15.0 Å². The summed E-state index contributed by atoms with van der Waals surface area (Å²) in [6.07, 6.45) is 2.14. The topological polar surface area (TPSA) is 112 Å². The Morgan fingerprint density at radius 2 is 2.00 bits per heavy atom. The first-order valence-corrected chi connectivity index (χ1v) is 10.6. The third-order valence-electron chi connectivity index (χ3n) is 5.80. The molecule has 2 aliphatic rings. The van der Waals surface area contributed by atoms with Crippen molar-refractivity contribution in [3.8, 4) is 6.07 Å². The number of nitrogens with zero attached hydrogens (tertiary/aromatic N) is 3. The molecule has 2 aromatic rings. The second-order valence-corrected chi connectivity index (χ2v) is 9.17. The molecule has 9 heteroatoms. The van der Waals surface area contributed by atoms with Crippen molar-refractivity contribution in [1.82, 2.24) is 15.4 Å². The van der Waals surface area contributed by atoms with Crippen LogP contribution in [0.1, 0.15) is 48.5 Å². The van der Waals surface area contributed by atoms with Gasteiger partial charge in [0.1, 0.15) is 16.8 Å². The molecule has 0 fully saturated rings. The number of ketones is 1. The van der Waals surface area contributed by atoms with Crippen LogP contribution in [0.2, 0.25) is 5.15 Å². The lowest BCUT2D eigenvalue weighted by Crippen LogP contribution is -2.50. The summed E-state index contributed by atoms with van der Waals surface area (Å²) in [4.78, 5) is 30.2. The number of carbonyl (C=O) groups is 2. The molecular weight excluding hydrogens is 445 g/mol. The van der Waals surface area contributed by atoms with E-state index < -0.39 is 23.1 Å². The summed E-state index contributed by atoms with van der Waals surface area (Å²) in [5.74, 6) is -1.95. The van der Waals surface area contributed by atoms with Gasteiger partial charge in [0.25, 0.3) is 5.91 Å². The number of rotatable bonds is 3. The van der Waals surface area contributed by atoms with E-state index in [1.54, 1.807) is 6.07 Å². The van der Waals surface area contributed by atoms with Gasteiger partial charge in [0.05, 0.1) is 28.8 Å². The Kier molecular flexibility index (Phi) is 5.68. The molecule has 3 N–H and O–H groups in total. The zero-order valence-corrected chi connectivity index (χ0v) is 18.8. The molecular formula is C24H21ClFN5O2. The van der Waals surface area contributed by atoms with Crippen LogP contribution in [0.5, 0.6) is 0 Å². The molecule has 0 radical (unpaired) electrons. The maximum Gasteiger partial charge on any atom is 0.273 e. The maximum absolute atomic E-state index is 13.6. The summed E-state index contributed by atoms with van der Waals surface area (Å²) in [7, 11) is 0. The van der Waals surface area contributed by atoms with Crippen molar-refractivity contribution in [3.05, 3.63) is 87.4 Å². The second-order valence-electron chi connectivity index (χ2n) is 8.81. The predicted molar refractivity (Wildman–Crippen MR) is 120 cm³/mol. The SMILES string of the molecule is CC1(C)CC(=O)C2=C(C1)N(NC(=O)c1cccnc1Cl)C(N)=C(C#N)C2c1ccc(F)cc1. The predicted octanol–water partition coefficient (Wildman–Crippen LogP) is 3.96. The van der Waals surface area contributed by atoms with E-state index >= 15 is 0 Å². The zero-order chi connectivity index (χ0) is 23.9. The number of hydrogen-bond acceptors (Lipinski definition) is 6. The highest BCUT2D eigenvalue weighted by Crippen LogP contribution is 2.48. The van der Waals surface area contributed by atoms with E-state index in [9.17, 15) is 19.2 Å². The van der Waals surface area contributed by atoms with Gasteiger partial charge < -0.3 is 5.73 Å². The number of halogens is 2. The Morgan fingerprint density at radius 3 is 2.64 bits per heavy atom. The smallest absolute Gasteiger partial charge is 0.273 e. The summed E-state index contributed by atoms with van der Waals surface area (Å²) >= 11 is 6.07. The fraction of sp³-hybridized carbons (Fsp3) is 0.250. The first-order chi connectivity index (χ1) is 15.6. The summed E-state index contributed by atoms with van der Waals surface area (Å²) in [6.45, 7) is 3.89. The van der Waals surface area contributed by atoms with Crippen molar-refractivity contribution < 1.29 is 14.0 Å². The normalized spacial score (nSPS) is 19.8. The van der Waals surface area contributed by atoms with Crippen molar-refractivity contribution >= 4 is 23.3 Å². The Morgan fingerprint density at radius 1 is 1.30 bits per heavy atom. The van der Waals surface area contributed by atoms with Gasteiger partial charge in [-0.1, -0.05) is 37.6 Å². The average Bonchev–Trinajstić information content (AvgIpc) is 2.75. The van der Waals surface area contributed by atoms with Crippen molar-refractivity contribution in [2.45, 2.75) is 32.6 Å². The highest BCUT2D eigenvalue weighted by atomic mass is 35.5. The van der Waals surface area contributed by atoms with Crippen LogP contribution < -0.4 is 11.2 Å². The van der Waals surface area contributed by atoms with Crippen molar-refractivity contribution in [1.29, 1.82) is 5.26 Å². The molecule has 33 heavy (non-hydrogen) atoms. The van der Waals surface area contributed by atoms with E-state index in [1.807, 2.05) is 13.8 Å². The fourth-order valence-electron chi connectivity index (χ4n) is 4.34. The lowest BCUT2D eigenvalue weighted by Gasteiger charge is -2.43. The van der Waals surface area contributed by atoms with Crippen LogP contribution >= 0.6 is 11.6 Å². The van der Waals surface area contributed by atoms with Crippen LogP contribution in [0.3, 0.4) is 0 Å². The number of Topliss-reactive ketones (excluding diaryl/α,β-unsaturated/α-hetero) is 1. The van der Waals surface area contributed by atoms with Gasteiger partial charge in [-0.25, -0.2) is 14.4 Å². The molecule has 1 unspecified atom stereocenters. The summed E-state index contributed by atoms with van der Waals surface area (Å²) in [5, 5.41) is 11.3. The number of carbonyl (C=O) groups excluding carboxylic acids is 2. The Bertz CT molecular complexity index is 1260. The monoisotopic (exact) mass is 465 g/mol. The van der Waals surface area contributed by atoms with Crippen LogP contribution in [0.15, 0.2) is 65.3 Å². The molecule has 4 rings (SSSR count). The second kappa shape index (κ2) is 8.34. The standard InChI is InChI=1S/C24H21ClFN5O2/c1-24(2)10-17-20(18(32)11-24)19(13-5-7-14(26)8-6-13)16(12-27)22(28)31(17)30-23(33)15-4-3-9-29-21(15)25/h3-9,19H,10-11,28H2,1-2H3,(H,30,33). The van der Waals surface area contributed by atoms with Gasteiger partial charge in [0, 0.05) is 18.2 Å². The fourth-order valence-corrected chi connectivity index (χ4v) is 4.55. The minimum absolute atomic E-state index is 0.00788. The number of nitrogens with one attached hydrogen (secondary N) is 1. The number of nitriles is 1. The molecule has 0 spiro atoms. The lowest BCUT2D eigenvalue weighted by molar-refractivity contribution is -0.118. The molecule has 1 aromatic heterocycles. The molecule has 7 nitrogen and oxygen atoms in total. The minimum Gasteiger partial charge on any atom is -0.383 e. The van der Waals surface area contributed by atoms with E-state index in [0.717, 1.165) is 0 Å². The van der Waals surface area contributed by atoms with Gasteiger partial charge >= 0.3 is 0 Å². The van der Waals surface area contributed by atoms with Crippen molar-refractivity contribution in [2.75, 3.05) is 0 Å². The number of benzene rings is 1. The summed E-state index contributed by atoms with van der Waals surface area (Å²) in [5.41, 5.74) is 10.3. The molecule has 1 aliphatic carbocycles. The largest absolute Gasteiger partial charge is 0.383 e. The number of allylic oxidation sites excluding steroid dienone is 3. The first-order valence-electron chi connectivity index (χ1n) is 10.3. The van der Waals surface area contributed by atoms with Crippen LogP contribution in [0.4, 0.5) is 4.39 Å². The van der Waals surface area contributed by atoms with Crippen LogP contribution in [0, 0.1) is 22.6 Å². The lowest BCUT2D eigenvalue weighted by atomic mass is 9.69. The van der Waals surface area contributed by atoms with Gasteiger partial charge in [0.2, 0.25) is 0 Å². The number of nitrogens with two attached hydrogens (primary N) is 1. The number of amides is 1. The van der Waals surface area contributed by atoms with Gasteiger partial charge in [-0.2, -0.15) is 5.26 Å². The van der Waals surface area contributed by atoms with E-state index in [4.69, 9.17) is 17.3 Å². The first kappa shape index (κ1) is 22.5. The number of hydrazine groups is 1. The maximum atomic E-state index is 13.6. The molecule has 0 bridgehead atoms. The molecule has 1 aliphatic heterocycles. The average molecular weight is 466 g/mol. The molecule has 1 amide bonds. The van der Waals surface area contributed by atoms with Gasteiger partial charge in [0.15, 0.2) is 5.78 Å². The number of hydrogen-bond donors (Lipinski definition) is 2. The Labute approximate surface area is 195 Å². The van der Waals surface area contributed by atoms with E-state index in [2.05, 4.69) is 16.5 Å². The van der Waals surface area contributed by atoms with Crippen LogP contribution in [-0.4, -0.2) is 21.7 Å². The Balaban J connectivity index is 1.87. The third kappa shape index (κ3) is 4.08. The number of pyridine rings is 1. The third-order valence-corrected chi connectivity index (χ3v) is 6.10. The molecule has 2 heterocycles. The molecule has 168 valence electrons. The van der Waals surface area contributed by atoms with Gasteiger partial charge in [-0.15, -0.1) is 0 Å². The van der Waals surface area contributed by atoms with Crippen molar-refractivity contribution in [3.63, 3.8) is 0 Å². The number of aromatic nitrogens is 1. The minimum atomic E-state index is -0.760. The molecule has 0 saturated carbocycles. The zero-order valence-electron chi connectivity index (χ0n) is 18.0. The molecule has 0 saturated heterocycles. The Hall–Kier alpha value is -3.70. The van der Waals surface area contributed by atoms with Crippen molar-refractivity contribution in [2.24, 2.45) is 11.1 Å². The van der Waals surface area contributed by atoms with E-state index in [0.29, 0.717) is 23.3 Å². The van der Waals surface area contributed by atoms with Crippen LogP contribution in [0.25, 0.3) is 0 Å². The highest BCUT2D eigenvalue weighted by Gasteiger charge is 2.45. The summed E-state index contributed by atoms with van der Waals surface area (Å²) < 4.78 is 13.6. The van der Waals surface area contributed by atoms with Crippen LogP contribution in [-0.2, 0) is 4.79 Å². The molecule has 1 atom stereocenters. The van der Waals surface area contributed by atoms with Gasteiger partial charge in [-0.05, 0) is 41.7 Å². The molecule has 1 aromatic carbocycles.